The van der Waals surface area contributed by atoms with Crippen LogP contribution >= 0.6 is 12.2 Å². The van der Waals surface area contributed by atoms with E-state index in [1.54, 1.807) is 0 Å². The van der Waals surface area contributed by atoms with Crippen molar-refractivity contribution in [2.75, 3.05) is 0 Å². The molecule has 1 atom stereocenters. The fraction of sp³-hybridized carbons (Fsp3) is 0.846. The summed E-state index contributed by atoms with van der Waals surface area (Å²) in [7, 11) is 0. The summed E-state index contributed by atoms with van der Waals surface area (Å²) < 4.78 is 0. The van der Waals surface area contributed by atoms with Gasteiger partial charge >= 0.3 is 0 Å². The Balaban J connectivity index is 2.13. The van der Waals surface area contributed by atoms with Gasteiger partial charge in [-0.3, -0.25) is 4.79 Å². The number of thiocarbonyl (C=S) groups is 1. The third kappa shape index (κ3) is 6.61. The molecule has 1 unspecified atom stereocenters. The molecule has 0 aliphatic heterocycles. The topological polar surface area (TPSA) is 55.1 Å². The Morgan fingerprint density at radius 1 is 1.41 bits per heavy atom. The van der Waals surface area contributed by atoms with Crippen LogP contribution in [0.5, 0.6) is 0 Å². The van der Waals surface area contributed by atoms with Crippen LogP contribution in [0.4, 0.5) is 0 Å². The molecule has 3 nitrogen and oxygen atoms in total. The summed E-state index contributed by atoms with van der Waals surface area (Å²) in [6, 6.07) is 0.0614. The van der Waals surface area contributed by atoms with Crippen LogP contribution in [0.25, 0.3) is 0 Å². The minimum absolute atomic E-state index is 0.0614. The molecule has 1 amide bonds. The molecule has 1 rings (SSSR count). The summed E-state index contributed by atoms with van der Waals surface area (Å²) in [5.74, 6) is 0.903. The highest BCUT2D eigenvalue weighted by atomic mass is 32.1. The maximum absolute atomic E-state index is 11.7. The van der Waals surface area contributed by atoms with Crippen molar-refractivity contribution in [3.8, 4) is 0 Å². The van der Waals surface area contributed by atoms with Crippen LogP contribution in [-0.2, 0) is 4.79 Å². The van der Waals surface area contributed by atoms with Gasteiger partial charge in [0.2, 0.25) is 5.91 Å². The molecule has 1 saturated carbocycles. The highest BCUT2D eigenvalue weighted by Crippen LogP contribution is 2.27. The van der Waals surface area contributed by atoms with Gasteiger partial charge in [-0.05, 0) is 19.3 Å². The second kappa shape index (κ2) is 7.64. The molecular weight excluding hydrogens is 232 g/mol. The molecule has 1 aliphatic carbocycles. The fourth-order valence-electron chi connectivity index (χ4n) is 2.51. The molecule has 17 heavy (non-hydrogen) atoms. The van der Waals surface area contributed by atoms with Crippen LogP contribution in [0.15, 0.2) is 0 Å². The van der Waals surface area contributed by atoms with Gasteiger partial charge in [-0.15, -0.1) is 0 Å². The van der Waals surface area contributed by atoms with Crippen molar-refractivity contribution in [3.63, 3.8) is 0 Å². The van der Waals surface area contributed by atoms with Crippen molar-refractivity contribution in [2.24, 2.45) is 11.7 Å². The molecule has 0 aromatic heterocycles. The average molecular weight is 256 g/mol. The van der Waals surface area contributed by atoms with Crippen molar-refractivity contribution in [2.45, 2.75) is 64.3 Å². The van der Waals surface area contributed by atoms with E-state index in [2.05, 4.69) is 5.32 Å². The van der Waals surface area contributed by atoms with E-state index >= 15 is 0 Å². The van der Waals surface area contributed by atoms with Crippen LogP contribution in [0.1, 0.15) is 58.3 Å². The van der Waals surface area contributed by atoms with Gasteiger partial charge < -0.3 is 11.1 Å². The van der Waals surface area contributed by atoms with Crippen molar-refractivity contribution in [1.29, 1.82) is 0 Å². The van der Waals surface area contributed by atoms with Crippen LogP contribution < -0.4 is 11.1 Å². The Bertz CT molecular complexity index is 262. The lowest BCUT2D eigenvalue weighted by Crippen LogP contribution is -2.35. The van der Waals surface area contributed by atoms with Crippen LogP contribution in [-0.4, -0.2) is 16.9 Å². The fourth-order valence-corrected chi connectivity index (χ4v) is 2.76. The summed E-state index contributed by atoms with van der Waals surface area (Å²) in [6.07, 6.45) is 8.91. The minimum Gasteiger partial charge on any atom is -0.393 e. The van der Waals surface area contributed by atoms with Gasteiger partial charge in [0.25, 0.3) is 0 Å². The predicted molar refractivity (Wildman–Crippen MR) is 74.8 cm³/mol. The van der Waals surface area contributed by atoms with Crippen molar-refractivity contribution in [3.05, 3.63) is 0 Å². The van der Waals surface area contributed by atoms with Crippen molar-refractivity contribution in [1.82, 2.24) is 5.32 Å². The molecule has 1 fully saturated rings. The summed E-state index contributed by atoms with van der Waals surface area (Å²) in [4.78, 5) is 12.1. The first-order chi connectivity index (χ1) is 8.08. The number of nitrogens with one attached hydrogen (secondary N) is 1. The van der Waals surface area contributed by atoms with E-state index in [0.29, 0.717) is 17.8 Å². The van der Waals surface area contributed by atoms with Gasteiger partial charge in [0, 0.05) is 18.9 Å². The second-order valence-electron chi connectivity index (χ2n) is 5.18. The zero-order chi connectivity index (χ0) is 12.7. The van der Waals surface area contributed by atoms with Gasteiger partial charge in [0.05, 0.1) is 4.99 Å². The number of carbonyl (C=O) groups excluding carboxylic acids is 1. The lowest BCUT2D eigenvalue weighted by molar-refractivity contribution is -0.122. The molecule has 1 aliphatic rings. The molecule has 0 radical (unpaired) electrons. The van der Waals surface area contributed by atoms with Crippen molar-refractivity contribution >= 4 is 23.1 Å². The lowest BCUT2D eigenvalue weighted by atomic mass is 9.86. The number of nitrogens with two attached hydrogens (primary N) is 1. The van der Waals surface area contributed by atoms with Gasteiger partial charge in [-0.1, -0.05) is 44.3 Å². The Kier molecular flexibility index (Phi) is 6.48. The van der Waals surface area contributed by atoms with E-state index in [1.807, 2.05) is 6.92 Å². The summed E-state index contributed by atoms with van der Waals surface area (Å²) in [5.41, 5.74) is 5.44. The SMILES string of the molecule is CC(CC(N)=S)NC(=O)CCC1CCCCC1. The first kappa shape index (κ1) is 14.4. The molecule has 0 saturated heterocycles. The zero-order valence-electron chi connectivity index (χ0n) is 10.7. The Morgan fingerprint density at radius 3 is 2.65 bits per heavy atom. The number of hydrogen-bond acceptors (Lipinski definition) is 2. The van der Waals surface area contributed by atoms with Gasteiger partial charge in [-0.25, -0.2) is 0 Å². The molecule has 0 bridgehead atoms. The maximum Gasteiger partial charge on any atom is 0.220 e. The number of rotatable bonds is 6. The van der Waals surface area contributed by atoms with E-state index in [4.69, 9.17) is 18.0 Å². The predicted octanol–water partition coefficient (Wildman–Crippen LogP) is 2.53. The summed E-state index contributed by atoms with van der Waals surface area (Å²) >= 11 is 4.82. The van der Waals surface area contributed by atoms with Gasteiger partial charge in [0.1, 0.15) is 0 Å². The number of hydrogen-bond donors (Lipinski definition) is 2. The highest BCUT2D eigenvalue weighted by molar-refractivity contribution is 7.80. The molecular formula is C13H24N2OS. The Hall–Kier alpha value is -0.640. The Labute approximate surface area is 110 Å². The molecule has 3 N–H and O–H groups in total. The normalized spacial score (nSPS) is 18.6. The molecule has 0 aromatic carbocycles. The third-order valence-corrected chi connectivity index (χ3v) is 3.59. The lowest BCUT2D eigenvalue weighted by Gasteiger charge is -2.21. The molecule has 0 heterocycles. The third-order valence-electron chi connectivity index (χ3n) is 3.42. The number of amides is 1. The summed E-state index contributed by atoms with van der Waals surface area (Å²) in [5, 5.41) is 2.94. The van der Waals surface area contributed by atoms with E-state index < -0.39 is 0 Å². The van der Waals surface area contributed by atoms with E-state index in [-0.39, 0.29) is 11.9 Å². The van der Waals surface area contributed by atoms with E-state index in [1.165, 1.54) is 32.1 Å². The molecule has 0 spiro atoms. The second-order valence-corrected chi connectivity index (χ2v) is 5.71. The van der Waals surface area contributed by atoms with E-state index in [9.17, 15) is 4.79 Å². The van der Waals surface area contributed by atoms with Gasteiger partial charge in [-0.2, -0.15) is 0 Å². The molecule has 0 aromatic rings. The quantitative estimate of drug-likeness (QED) is 0.718. The maximum atomic E-state index is 11.7. The first-order valence-electron chi connectivity index (χ1n) is 6.65. The van der Waals surface area contributed by atoms with Gasteiger partial charge in [0.15, 0.2) is 0 Å². The molecule has 98 valence electrons. The average Bonchev–Trinajstić information content (AvgIpc) is 2.26. The van der Waals surface area contributed by atoms with Crippen LogP contribution in [0.3, 0.4) is 0 Å². The Morgan fingerprint density at radius 2 is 2.06 bits per heavy atom. The monoisotopic (exact) mass is 256 g/mol. The minimum atomic E-state index is 0.0614. The van der Waals surface area contributed by atoms with Crippen molar-refractivity contribution < 1.29 is 4.79 Å². The zero-order valence-corrected chi connectivity index (χ0v) is 11.5. The first-order valence-corrected chi connectivity index (χ1v) is 7.06. The number of carbonyl (C=O) groups is 1. The highest BCUT2D eigenvalue weighted by Gasteiger charge is 2.15. The largest absolute Gasteiger partial charge is 0.393 e. The van der Waals surface area contributed by atoms with E-state index in [0.717, 1.165) is 12.3 Å². The smallest absolute Gasteiger partial charge is 0.220 e. The summed E-state index contributed by atoms with van der Waals surface area (Å²) in [6.45, 7) is 1.94. The van der Waals surface area contributed by atoms with Crippen LogP contribution in [0.2, 0.25) is 0 Å². The standard InChI is InChI=1S/C13H24N2OS/c1-10(9-12(14)17)15-13(16)8-7-11-5-3-2-4-6-11/h10-11H,2-9H2,1H3,(H2,14,17)(H,15,16). The molecule has 4 heteroatoms. The van der Waals surface area contributed by atoms with Crippen LogP contribution in [0, 0.1) is 5.92 Å².